The Bertz CT molecular complexity index is 80.1. The molecule has 4 nitrogen and oxygen atoms in total. The van der Waals surface area contributed by atoms with Crippen molar-refractivity contribution in [2.45, 2.75) is 13.3 Å². The number of nitrogens with zero attached hydrogens (tertiary/aromatic N) is 1. The summed E-state index contributed by atoms with van der Waals surface area (Å²) in [7, 11) is 5.27. The van der Waals surface area contributed by atoms with Gasteiger partial charge in [-0.1, -0.05) is 0 Å². The highest BCUT2D eigenvalue weighted by molar-refractivity contribution is 4.35. The van der Waals surface area contributed by atoms with Crippen molar-refractivity contribution in [3.8, 4) is 0 Å². The van der Waals surface area contributed by atoms with E-state index in [1.807, 2.05) is 21.0 Å². The molecule has 0 spiro atoms. The predicted molar refractivity (Wildman–Crippen MR) is 39.2 cm³/mol. The van der Waals surface area contributed by atoms with Crippen LogP contribution in [0.4, 0.5) is 0 Å². The van der Waals surface area contributed by atoms with Crippen LogP contribution in [0.1, 0.15) is 6.92 Å². The molecule has 0 aromatic carbocycles. The monoisotopic (exact) mass is 148 g/mol. The van der Waals surface area contributed by atoms with Crippen molar-refractivity contribution in [3.05, 3.63) is 0 Å². The zero-order chi connectivity index (χ0) is 7.98. The number of hydrazine groups is 1. The van der Waals surface area contributed by atoms with Gasteiger partial charge in [0.2, 0.25) is 6.41 Å². The van der Waals surface area contributed by atoms with Crippen molar-refractivity contribution in [2.24, 2.45) is 0 Å². The highest BCUT2D eigenvalue weighted by Crippen LogP contribution is 1.94. The van der Waals surface area contributed by atoms with Crippen molar-refractivity contribution in [1.82, 2.24) is 10.4 Å². The molecule has 0 saturated carbocycles. The van der Waals surface area contributed by atoms with Crippen LogP contribution in [0.5, 0.6) is 0 Å². The zero-order valence-corrected chi connectivity index (χ0v) is 7.05. The smallest absolute Gasteiger partial charge is 0.230 e. The molecular formula is C6H16N2O2. The molecule has 1 atom stereocenters. The molecule has 1 N–H and O–H groups in total. The molecule has 0 saturated heterocycles. The van der Waals surface area contributed by atoms with E-state index in [9.17, 15) is 0 Å². The molecule has 10 heavy (non-hydrogen) atoms. The van der Waals surface area contributed by atoms with Gasteiger partial charge in [-0.25, -0.2) is 0 Å². The van der Waals surface area contributed by atoms with E-state index in [1.54, 1.807) is 12.1 Å². The van der Waals surface area contributed by atoms with Gasteiger partial charge in [0.25, 0.3) is 0 Å². The summed E-state index contributed by atoms with van der Waals surface area (Å²) in [5, 5.41) is 1.74. The van der Waals surface area contributed by atoms with Gasteiger partial charge in [-0.15, -0.1) is 0 Å². The topological polar surface area (TPSA) is 33.7 Å². The lowest BCUT2D eigenvalue weighted by atomic mass is 10.8. The molecule has 1 unspecified atom stereocenters. The fourth-order valence-electron chi connectivity index (χ4n) is 0.586. The Morgan fingerprint density at radius 1 is 1.60 bits per heavy atom. The number of ether oxygens (including phenoxy) is 2. The van der Waals surface area contributed by atoms with Crippen molar-refractivity contribution in [1.29, 1.82) is 0 Å². The first kappa shape index (κ1) is 9.84. The number of hydrogen-bond acceptors (Lipinski definition) is 4. The van der Waals surface area contributed by atoms with Crippen LogP contribution in [0.2, 0.25) is 0 Å². The Hall–Kier alpha value is -0.160. The van der Waals surface area contributed by atoms with E-state index in [-0.39, 0.29) is 6.41 Å². The number of nitrogens with one attached hydrogen (secondary N) is 1. The Kier molecular flexibility index (Phi) is 5.52. The summed E-state index contributed by atoms with van der Waals surface area (Å²) >= 11 is 0. The highest BCUT2D eigenvalue weighted by atomic mass is 16.7. The van der Waals surface area contributed by atoms with Gasteiger partial charge in [0.05, 0.1) is 0 Å². The van der Waals surface area contributed by atoms with Crippen LogP contribution in [-0.4, -0.2) is 39.2 Å². The van der Waals surface area contributed by atoms with E-state index in [0.29, 0.717) is 6.61 Å². The summed E-state index contributed by atoms with van der Waals surface area (Å²) in [6.07, 6.45) is -0.296. The molecule has 4 heteroatoms. The van der Waals surface area contributed by atoms with Crippen LogP contribution in [0.3, 0.4) is 0 Å². The lowest BCUT2D eigenvalue weighted by molar-refractivity contribution is -0.213. The Labute approximate surface area is 62.1 Å². The molecule has 0 fully saturated rings. The molecule has 0 aliphatic heterocycles. The minimum Gasteiger partial charge on any atom is -0.342 e. The molecule has 0 heterocycles. The fraction of sp³-hybridized carbons (Fsp3) is 1.00. The summed E-state index contributed by atoms with van der Waals surface area (Å²) in [6.45, 7) is 2.57. The standard InChI is InChI=1S/C6H16N2O2/c1-5-10-6(9-4)8(3)7-2/h6-7H,5H2,1-4H3. The van der Waals surface area contributed by atoms with Crippen molar-refractivity contribution in [2.75, 3.05) is 27.8 Å². The lowest BCUT2D eigenvalue weighted by Gasteiger charge is -2.24. The quantitative estimate of drug-likeness (QED) is 0.440. The van der Waals surface area contributed by atoms with Crippen molar-refractivity contribution in [3.63, 3.8) is 0 Å². The van der Waals surface area contributed by atoms with Gasteiger partial charge in [-0.05, 0) is 14.0 Å². The van der Waals surface area contributed by atoms with Crippen LogP contribution in [0.25, 0.3) is 0 Å². The van der Waals surface area contributed by atoms with Gasteiger partial charge in [0, 0.05) is 20.8 Å². The average molecular weight is 148 g/mol. The van der Waals surface area contributed by atoms with E-state index in [4.69, 9.17) is 9.47 Å². The summed E-state index contributed by atoms with van der Waals surface area (Å²) in [6, 6.07) is 0. The zero-order valence-electron chi connectivity index (χ0n) is 7.05. The molecular weight excluding hydrogens is 132 g/mol. The minimum atomic E-state index is -0.296. The molecule has 0 amide bonds. The van der Waals surface area contributed by atoms with Gasteiger partial charge < -0.3 is 9.47 Å². The molecule has 0 aromatic heterocycles. The maximum atomic E-state index is 5.18. The van der Waals surface area contributed by atoms with Gasteiger partial charge in [0.1, 0.15) is 0 Å². The summed E-state index contributed by atoms with van der Waals surface area (Å²) in [5.41, 5.74) is 2.88. The van der Waals surface area contributed by atoms with Gasteiger partial charge in [-0.3, -0.25) is 5.43 Å². The van der Waals surface area contributed by atoms with Gasteiger partial charge in [0.15, 0.2) is 0 Å². The van der Waals surface area contributed by atoms with E-state index >= 15 is 0 Å². The van der Waals surface area contributed by atoms with Crippen LogP contribution >= 0.6 is 0 Å². The van der Waals surface area contributed by atoms with Gasteiger partial charge in [-0.2, -0.15) is 5.01 Å². The second-order valence-corrected chi connectivity index (χ2v) is 1.83. The van der Waals surface area contributed by atoms with E-state index in [2.05, 4.69) is 5.43 Å². The first-order valence-corrected chi connectivity index (χ1v) is 3.30. The third kappa shape index (κ3) is 3.12. The normalized spacial score (nSPS) is 14.1. The van der Waals surface area contributed by atoms with Crippen molar-refractivity contribution < 1.29 is 9.47 Å². The molecule has 0 radical (unpaired) electrons. The number of rotatable bonds is 5. The highest BCUT2D eigenvalue weighted by Gasteiger charge is 2.09. The second kappa shape index (κ2) is 5.61. The summed E-state index contributed by atoms with van der Waals surface area (Å²) in [4.78, 5) is 0. The second-order valence-electron chi connectivity index (χ2n) is 1.83. The molecule has 0 rings (SSSR count). The first-order valence-electron chi connectivity index (χ1n) is 3.30. The Morgan fingerprint density at radius 2 is 2.20 bits per heavy atom. The van der Waals surface area contributed by atoms with Crippen molar-refractivity contribution >= 4 is 0 Å². The van der Waals surface area contributed by atoms with E-state index in [1.165, 1.54) is 0 Å². The van der Waals surface area contributed by atoms with Crippen LogP contribution in [0, 0.1) is 0 Å². The first-order chi connectivity index (χ1) is 4.76. The lowest BCUT2D eigenvalue weighted by Crippen LogP contribution is -2.43. The number of methoxy groups -OCH3 is 1. The summed E-state index contributed by atoms with van der Waals surface area (Å²) in [5.74, 6) is 0. The van der Waals surface area contributed by atoms with Crippen LogP contribution in [0.15, 0.2) is 0 Å². The molecule has 0 bridgehead atoms. The maximum Gasteiger partial charge on any atom is 0.230 e. The maximum absolute atomic E-state index is 5.18. The average Bonchev–Trinajstić information content (AvgIpc) is 1.99. The van der Waals surface area contributed by atoms with Gasteiger partial charge >= 0.3 is 0 Å². The largest absolute Gasteiger partial charge is 0.342 e. The Morgan fingerprint density at radius 3 is 2.50 bits per heavy atom. The fourth-order valence-corrected chi connectivity index (χ4v) is 0.586. The number of hydrogen-bond donors (Lipinski definition) is 1. The van der Waals surface area contributed by atoms with E-state index < -0.39 is 0 Å². The van der Waals surface area contributed by atoms with Crippen LogP contribution < -0.4 is 5.43 Å². The molecule has 62 valence electrons. The summed E-state index contributed by atoms with van der Waals surface area (Å²) < 4.78 is 10.2. The SMILES string of the molecule is CCOC(OC)N(C)NC. The Balaban J connectivity index is 3.56. The van der Waals surface area contributed by atoms with Crippen LogP contribution in [-0.2, 0) is 9.47 Å². The molecule has 0 aliphatic carbocycles. The third-order valence-electron chi connectivity index (χ3n) is 1.18. The third-order valence-corrected chi connectivity index (χ3v) is 1.18. The van der Waals surface area contributed by atoms with E-state index in [0.717, 1.165) is 0 Å². The predicted octanol–water partition coefficient (Wildman–Crippen LogP) is 0.0191. The minimum absolute atomic E-state index is 0.296. The molecule has 0 aromatic rings. The molecule has 0 aliphatic rings.